The van der Waals surface area contributed by atoms with E-state index in [-0.39, 0.29) is 5.82 Å². The lowest BCUT2D eigenvalue weighted by Crippen LogP contribution is -2.39. The number of benzene rings is 1. The van der Waals surface area contributed by atoms with Gasteiger partial charge in [-0.2, -0.15) is 0 Å². The Kier molecular flexibility index (Phi) is 4.19. The molecule has 2 rings (SSSR count). The number of pyridine rings is 1. The molecule has 2 aromatic rings. The van der Waals surface area contributed by atoms with Gasteiger partial charge in [-0.05, 0) is 55.5 Å². The molecule has 0 aliphatic heterocycles. The van der Waals surface area contributed by atoms with E-state index in [9.17, 15) is 4.39 Å². The van der Waals surface area contributed by atoms with Gasteiger partial charge in [0.2, 0.25) is 0 Å². The average Bonchev–Trinajstić information content (AvgIpc) is 2.43. The predicted molar refractivity (Wildman–Crippen MR) is 80.0 cm³/mol. The number of halogens is 1. The lowest BCUT2D eigenvalue weighted by atomic mass is 9.83. The monoisotopic (exact) mass is 272 g/mol. The van der Waals surface area contributed by atoms with E-state index in [1.54, 1.807) is 6.07 Å². The average molecular weight is 272 g/mol. The van der Waals surface area contributed by atoms with Crippen LogP contribution in [0.25, 0.3) is 0 Å². The fourth-order valence-electron chi connectivity index (χ4n) is 2.51. The summed E-state index contributed by atoms with van der Waals surface area (Å²) in [5.74, 6) is -0.334. The maximum absolute atomic E-state index is 13.0. The molecule has 1 aromatic heterocycles. The second-order valence-corrected chi connectivity index (χ2v) is 5.42. The first-order valence-corrected chi connectivity index (χ1v) is 6.92. The van der Waals surface area contributed by atoms with E-state index in [0.29, 0.717) is 6.42 Å². The van der Waals surface area contributed by atoms with Crippen molar-refractivity contribution in [3.63, 3.8) is 0 Å². The number of nitrogens with two attached hydrogens (primary N) is 1. The summed E-state index contributed by atoms with van der Waals surface area (Å²) >= 11 is 0. The van der Waals surface area contributed by atoms with E-state index in [0.717, 1.165) is 12.1 Å². The van der Waals surface area contributed by atoms with Gasteiger partial charge in [0, 0.05) is 0 Å². The number of aryl methyl sites for hydroxylation is 2. The van der Waals surface area contributed by atoms with Gasteiger partial charge < -0.3 is 5.73 Å². The van der Waals surface area contributed by atoms with Crippen LogP contribution in [-0.4, -0.2) is 4.98 Å². The second kappa shape index (κ2) is 5.71. The number of hydrogen-bond acceptors (Lipinski definition) is 2. The second-order valence-electron chi connectivity index (χ2n) is 5.42. The number of aromatic nitrogens is 1. The van der Waals surface area contributed by atoms with Gasteiger partial charge in [-0.1, -0.05) is 25.1 Å². The zero-order valence-electron chi connectivity index (χ0n) is 12.3. The summed E-state index contributed by atoms with van der Waals surface area (Å²) in [4.78, 5) is 4.18. The van der Waals surface area contributed by atoms with E-state index in [1.807, 2.05) is 6.92 Å². The van der Waals surface area contributed by atoms with Crippen LogP contribution >= 0.6 is 0 Å². The topological polar surface area (TPSA) is 38.9 Å². The highest BCUT2D eigenvalue weighted by atomic mass is 19.1. The Morgan fingerprint density at radius 1 is 1.15 bits per heavy atom. The van der Waals surface area contributed by atoms with Gasteiger partial charge in [0.25, 0.3) is 0 Å². The van der Waals surface area contributed by atoms with E-state index in [2.05, 4.69) is 37.0 Å². The normalized spacial score (nSPS) is 14.1. The van der Waals surface area contributed by atoms with Gasteiger partial charge >= 0.3 is 0 Å². The predicted octanol–water partition coefficient (Wildman–Crippen LogP) is 3.64. The molecule has 1 aromatic carbocycles. The molecule has 106 valence electrons. The van der Waals surface area contributed by atoms with E-state index < -0.39 is 5.54 Å². The zero-order chi connectivity index (χ0) is 14.8. The minimum absolute atomic E-state index is 0.334. The van der Waals surface area contributed by atoms with Gasteiger partial charge in [0.15, 0.2) is 0 Å². The molecule has 0 spiro atoms. The van der Waals surface area contributed by atoms with Crippen molar-refractivity contribution in [2.75, 3.05) is 0 Å². The van der Waals surface area contributed by atoms with Gasteiger partial charge in [-0.15, -0.1) is 0 Å². The Morgan fingerprint density at radius 2 is 1.80 bits per heavy atom. The number of hydrogen-bond donors (Lipinski definition) is 1. The van der Waals surface area contributed by atoms with Gasteiger partial charge in [-0.25, -0.2) is 4.39 Å². The van der Waals surface area contributed by atoms with Crippen molar-refractivity contribution in [2.45, 2.75) is 39.2 Å². The zero-order valence-corrected chi connectivity index (χ0v) is 12.3. The van der Waals surface area contributed by atoms with E-state index in [1.165, 1.54) is 29.0 Å². The van der Waals surface area contributed by atoms with Crippen molar-refractivity contribution in [1.82, 2.24) is 4.98 Å². The van der Waals surface area contributed by atoms with Gasteiger partial charge in [0.1, 0.15) is 5.82 Å². The van der Waals surface area contributed by atoms with Crippen LogP contribution in [0.3, 0.4) is 0 Å². The first-order valence-electron chi connectivity index (χ1n) is 6.92. The third kappa shape index (κ3) is 2.88. The largest absolute Gasteiger partial charge is 0.320 e. The minimum atomic E-state index is -0.565. The fraction of sp³-hybridized carbons (Fsp3) is 0.353. The first-order chi connectivity index (χ1) is 9.46. The van der Waals surface area contributed by atoms with Gasteiger partial charge in [-0.3, -0.25) is 4.98 Å². The van der Waals surface area contributed by atoms with Crippen molar-refractivity contribution >= 4 is 0 Å². The lowest BCUT2D eigenvalue weighted by molar-refractivity contribution is 0.409. The van der Waals surface area contributed by atoms with Crippen molar-refractivity contribution in [2.24, 2.45) is 5.73 Å². The molecule has 0 amide bonds. The molecule has 20 heavy (non-hydrogen) atoms. The van der Waals surface area contributed by atoms with Crippen LogP contribution in [0.2, 0.25) is 0 Å². The maximum atomic E-state index is 13.0. The molecule has 0 saturated carbocycles. The third-order valence-corrected chi connectivity index (χ3v) is 4.01. The molecule has 0 aliphatic carbocycles. The summed E-state index contributed by atoms with van der Waals surface area (Å²) in [6.45, 7) is 6.23. The Balaban J connectivity index is 2.39. The third-order valence-electron chi connectivity index (χ3n) is 4.01. The first kappa shape index (κ1) is 14.7. The summed E-state index contributed by atoms with van der Waals surface area (Å²) in [6.07, 6.45) is 2.69. The van der Waals surface area contributed by atoms with Gasteiger partial charge in [0.05, 0.1) is 17.4 Å². The number of nitrogens with zero attached hydrogens (tertiary/aromatic N) is 1. The molecule has 1 heterocycles. The van der Waals surface area contributed by atoms with Crippen LogP contribution in [0.4, 0.5) is 4.39 Å². The molecule has 2 N–H and O–H groups in total. The van der Waals surface area contributed by atoms with Crippen LogP contribution in [0.15, 0.2) is 36.5 Å². The summed E-state index contributed by atoms with van der Waals surface area (Å²) in [6, 6.07) is 9.35. The summed E-state index contributed by atoms with van der Waals surface area (Å²) < 4.78 is 13.0. The fourth-order valence-corrected chi connectivity index (χ4v) is 2.51. The highest BCUT2D eigenvalue weighted by molar-refractivity contribution is 5.36. The van der Waals surface area contributed by atoms with E-state index in [4.69, 9.17) is 5.73 Å². The molecule has 0 bridgehead atoms. The highest BCUT2D eigenvalue weighted by Crippen LogP contribution is 2.28. The standard InChI is InChI=1S/C17H21FN2/c1-4-17(19,16-9-8-14(18)11-20-16)10-15-12(2)6-5-7-13(15)3/h5-9,11H,4,10,19H2,1-3H3. The Bertz CT molecular complexity index is 572. The Morgan fingerprint density at radius 3 is 2.30 bits per heavy atom. The summed E-state index contributed by atoms with van der Waals surface area (Å²) in [5.41, 5.74) is 10.4. The van der Waals surface area contributed by atoms with E-state index >= 15 is 0 Å². The highest BCUT2D eigenvalue weighted by Gasteiger charge is 2.28. The molecule has 1 unspecified atom stereocenters. The summed E-state index contributed by atoms with van der Waals surface area (Å²) in [5, 5.41) is 0. The van der Waals surface area contributed by atoms with Crippen molar-refractivity contribution in [3.05, 3.63) is 64.7 Å². The molecule has 0 saturated heterocycles. The molecular formula is C17H21FN2. The number of rotatable bonds is 4. The quantitative estimate of drug-likeness (QED) is 0.922. The molecule has 1 atom stereocenters. The molecule has 0 aliphatic rings. The molecular weight excluding hydrogens is 251 g/mol. The van der Waals surface area contributed by atoms with Crippen molar-refractivity contribution in [1.29, 1.82) is 0 Å². The molecule has 0 radical (unpaired) electrons. The Hall–Kier alpha value is -1.74. The lowest BCUT2D eigenvalue weighted by Gasteiger charge is -2.29. The van der Waals surface area contributed by atoms with Crippen LogP contribution in [0, 0.1) is 19.7 Å². The van der Waals surface area contributed by atoms with Crippen LogP contribution in [0.1, 0.15) is 35.7 Å². The maximum Gasteiger partial charge on any atom is 0.141 e. The minimum Gasteiger partial charge on any atom is -0.320 e. The SMILES string of the molecule is CCC(N)(Cc1c(C)cccc1C)c1ccc(F)cn1. The van der Waals surface area contributed by atoms with Crippen molar-refractivity contribution < 1.29 is 4.39 Å². The molecule has 3 heteroatoms. The molecule has 0 fully saturated rings. The van der Waals surface area contributed by atoms with Crippen molar-refractivity contribution in [3.8, 4) is 0 Å². The Labute approximate surface area is 119 Å². The van der Waals surface area contributed by atoms with Crippen LogP contribution in [0.5, 0.6) is 0 Å². The molecule has 2 nitrogen and oxygen atoms in total. The smallest absolute Gasteiger partial charge is 0.141 e. The summed E-state index contributed by atoms with van der Waals surface area (Å²) in [7, 11) is 0. The van der Waals surface area contributed by atoms with Crippen LogP contribution in [-0.2, 0) is 12.0 Å². The van der Waals surface area contributed by atoms with Crippen LogP contribution < -0.4 is 5.73 Å².